The van der Waals surface area contributed by atoms with E-state index < -0.39 is 9.84 Å². The van der Waals surface area contributed by atoms with Crippen LogP contribution in [-0.2, 0) is 14.6 Å². The summed E-state index contributed by atoms with van der Waals surface area (Å²) in [6.45, 7) is 2.11. The van der Waals surface area contributed by atoms with Crippen LogP contribution in [0, 0.1) is 0 Å². The quantitative estimate of drug-likeness (QED) is 0.494. The Morgan fingerprint density at radius 2 is 1.29 bits per heavy atom. The van der Waals surface area contributed by atoms with Crippen molar-refractivity contribution in [2.45, 2.75) is 36.9 Å². The fourth-order valence-corrected chi connectivity index (χ4v) is 4.76. The molecule has 0 spiro atoms. The number of nitrogens with two attached hydrogens (primary N) is 1. The summed E-state index contributed by atoms with van der Waals surface area (Å²) >= 11 is 0. The highest BCUT2D eigenvalue weighted by Crippen LogP contribution is 2.47. The van der Waals surface area contributed by atoms with Crippen LogP contribution in [0.1, 0.15) is 43.1 Å². The van der Waals surface area contributed by atoms with E-state index >= 15 is 0 Å². The number of hydrogen-bond donors (Lipinski definition) is 2. The van der Waals surface area contributed by atoms with Crippen LogP contribution < -0.4 is 29.6 Å². The van der Waals surface area contributed by atoms with E-state index in [9.17, 15) is 8.42 Å². The van der Waals surface area contributed by atoms with E-state index in [1.54, 1.807) is 40.4 Å². The van der Waals surface area contributed by atoms with Gasteiger partial charge in [0.05, 0.1) is 47.3 Å². The Morgan fingerprint density at radius 1 is 0.853 bits per heavy atom. The van der Waals surface area contributed by atoms with Gasteiger partial charge in [-0.25, -0.2) is 14.3 Å². The topological polar surface area (TPSA) is 136 Å². The second-order valence-electron chi connectivity index (χ2n) is 7.40. The summed E-state index contributed by atoms with van der Waals surface area (Å²) in [6, 6.07) is 7.14. The van der Waals surface area contributed by atoms with Crippen LogP contribution in [0.2, 0.25) is 0 Å². The van der Waals surface area contributed by atoms with Gasteiger partial charge in [-0.2, -0.15) is 0 Å². The standard InChI is InChI=1S/C23H30O8S.H3NO/c1-7-30-23-20(28-4)12-15(13-21(23)32(6,24)25)17-9-8-16(31-17)14-10-18(26-2)22(29-5)19(11-14)27-3;1-2/h10-13,16-17H,7-9H2,1-6H3;2H,1H2. The van der Waals surface area contributed by atoms with Crippen molar-refractivity contribution in [2.24, 2.45) is 5.90 Å². The highest BCUT2D eigenvalue weighted by Gasteiger charge is 2.32. The minimum Gasteiger partial charge on any atom is -0.493 e. The molecule has 1 heterocycles. The molecule has 3 N–H and O–H groups in total. The fourth-order valence-electron chi connectivity index (χ4n) is 3.91. The molecule has 2 atom stereocenters. The van der Waals surface area contributed by atoms with E-state index in [2.05, 4.69) is 5.90 Å². The fraction of sp³-hybridized carbons (Fsp3) is 0.478. The first-order valence-corrected chi connectivity index (χ1v) is 12.4. The highest BCUT2D eigenvalue weighted by molar-refractivity contribution is 7.90. The molecule has 0 bridgehead atoms. The Labute approximate surface area is 200 Å². The molecular weight excluding hydrogens is 466 g/mol. The average molecular weight is 500 g/mol. The van der Waals surface area contributed by atoms with Crippen molar-refractivity contribution >= 4 is 9.84 Å². The SMILES string of the molecule is CCOc1c(OC)cc(C2CCC(c3cc(OC)c(OC)c(OC)c3)O2)cc1S(C)(=O)=O.NO. The Bertz CT molecular complexity index is 1050. The van der Waals surface area contributed by atoms with Crippen LogP contribution in [0.3, 0.4) is 0 Å². The van der Waals surface area contributed by atoms with Gasteiger partial charge in [-0.05, 0) is 55.2 Å². The Balaban J connectivity index is 0.00000199. The molecule has 1 aliphatic heterocycles. The lowest BCUT2D eigenvalue weighted by Gasteiger charge is -2.20. The highest BCUT2D eigenvalue weighted by atomic mass is 32.2. The first-order chi connectivity index (χ1) is 16.3. The van der Waals surface area contributed by atoms with Crippen LogP contribution in [0.25, 0.3) is 0 Å². The summed E-state index contributed by atoms with van der Waals surface area (Å²) in [6.07, 6.45) is 2.09. The number of methoxy groups -OCH3 is 4. The van der Waals surface area contributed by atoms with Crippen LogP contribution >= 0.6 is 0 Å². The Morgan fingerprint density at radius 3 is 1.68 bits per heavy atom. The maximum atomic E-state index is 12.4. The van der Waals surface area contributed by atoms with Gasteiger partial charge in [0.15, 0.2) is 32.8 Å². The van der Waals surface area contributed by atoms with E-state index in [1.165, 1.54) is 7.11 Å². The summed E-state index contributed by atoms with van der Waals surface area (Å²) in [5, 5.41) is 6.50. The third-order valence-electron chi connectivity index (χ3n) is 5.40. The molecule has 2 unspecified atom stereocenters. The molecule has 2 aromatic carbocycles. The van der Waals surface area contributed by atoms with E-state index in [0.717, 1.165) is 23.8 Å². The van der Waals surface area contributed by atoms with E-state index in [0.29, 0.717) is 36.0 Å². The summed E-state index contributed by atoms with van der Waals surface area (Å²) in [5.74, 6) is 5.71. The molecule has 0 amide bonds. The van der Waals surface area contributed by atoms with Gasteiger partial charge in [0, 0.05) is 6.26 Å². The molecular formula is C23H33NO9S. The molecule has 0 aromatic heterocycles. The average Bonchev–Trinajstić information content (AvgIpc) is 3.34. The van der Waals surface area contributed by atoms with Crippen molar-refractivity contribution < 1.29 is 42.0 Å². The second-order valence-corrected chi connectivity index (χ2v) is 9.39. The minimum atomic E-state index is -3.54. The van der Waals surface area contributed by atoms with Crippen LogP contribution in [0.15, 0.2) is 29.2 Å². The second kappa shape index (κ2) is 12.1. The van der Waals surface area contributed by atoms with Crippen molar-refractivity contribution in [3.8, 4) is 28.7 Å². The number of hydrogen-bond acceptors (Lipinski definition) is 10. The monoisotopic (exact) mass is 499 g/mol. The normalized spacial score (nSPS) is 17.4. The van der Waals surface area contributed by atoms with Crippen molar-refractivity contribution in [3.05, 3.63) is 35.4 Å². The van der Waals surface area contributed by atoms with Crippen molar-refractivity contribution in [1.82, 2.24) is 0 Å². The zero-order valence-electron chi connectivity index (χ0n) is 20.3. The maximum Gasteiger partial charge on any atom is 0.203 e. The van der Waals surface area contributed by atoms with Gasteiger partial charge >= 0.3 is 0 Å². The number of ether oxygens (including phenoxy) is 6. The Kier molecular flexibility index (Phi) is 9.80. The largest absolute Gasteiger partial charge is 0.493 e. The number of rotatable bonds is 9. The first kappa shape index (κ1) is 27.5. The van der Waals surface area contributed by atoms with E-state index in [-0.39, 0.29) is 22.9 Å². The summed E-state index contributed by atoms with van der Waals surface area (Å²) in [7, 11) is 2.64. The van der Waals surface area contributed by atoms with Crippen molar-refractivity contribution in [3.63, 3.8) is 0 Å². The summed E-state index contributed by atoms with van der Waals surface area (Å²) in [5.41, 5.74) is 1.61. The predicted octanol–water partition coefficient (Wildman–Crippen LogP) is 3.45. The molecule has 34 heavy (non-hydrogen) atoms. The number of sulfone groups is 1. The Hall–Kier alpha value is -2.73. The van der Waals surface area contributed by atoms with Gasteiger partial charge < -0.3 is 33.6 Å². The molecule has 10 nitrogen and oxygen atoms in total. The molecule has 11 heteroatoms. The van der Waals surface area contributed by atoms with Gasteiger partial charge in [-0.3, -0.25) is 0 Å². The smallest absolute Gasteiger partial charge is 0.203 e. The van der Waals surface area contributed by atoms with Gasteiger partial charge in [-0.15, -0.1) is 0 Å². The lowest BCUT2D eigenvalue weighted by molar-refractivity contribution is 0.0435. The van der Waals surface area contributed by atoms with Gasteiger partial charge in [-0.1, -0.05) is 0 Å². The zero-order chi connectivity index (χ0) is 25.5. The van der Waals surface area contributed by atoms with Crippen LogP contribution in [-0.4, -0.2) is 54.9 Å². The maximum absolute atomic E-state index is 12.4. The predicted molar refractivity (Wildman–Crippen MR) is 125 cm³/mol. The first-order valence-electron chi connectivity index (χ1n) is 10.5. The molecule has 1 aliphatic rings. The van der Waals surface area contributed by atoms with E-state index in [4.69, 9.17) is 33.6 Å². The third kappa shape index (κ3) is 5.84. The van der Waals surface area contributed by atoms with Crippen LogP contribution in [0.4, 0.5) is 0 Å². The van der Waals surface area contributed by atoms with E-state index in [1.807, 2.05) is 12.1 Å². The molecule has 1 saturated heterocycles. The molecule has 190 valence electrons. The molecule has 0 radical (unpaired) electrons. The summed E-state index contributed by atoms with van der Waals surface area (Å²) in [4.78, 5) is 0.0912. The van der Waals surface area contributed by atoms with Crippen molar-refractivity contribution in [2.75, 3.05) is 41.3 Å². The van der Waals surface area contributed by atoms with Gasteiger partial charge in [0.1, 0.15) is 4.90 Å². The van der Waals surface area contributed by atoms with Gasteiger partial charge in [0.25, 0.3) is 0 Å². The molecule has 0 saturated carbocycles. The van der Waals surface area contributed by atoms with Gasteiger partial charge in [0.2, 0.25) is 5.75 Å². The third-order valence-corrected chi connectivity index (χ3v) is 6.50. The molecule has 1 fully saturated rings. The lowest BCUT2D eigenvalue weighted by atomic mass is 10.0. The molecule has 3 rings (SSSR count). The molecule has 0 aliphatic carbocycles. The van der Waals surface area contributed by atoms with Crippen LogP contribution in [0.5, 0.6) is 28.7 Å². The minimum absolute atomic E-state index is 0.0912. The number of benzene rings is 2. The molecule has 2 aromatic rings. The zero-order valence-corrected chi connectivity index (χ0v) is 21.1. The lowest BCUT2D eigenvalue weighted by Crippen LogP contribution is -2.08. The van der Waals surface area contributed by atoms with Crippen molar-refractivity contribution in [1.29, 1.82) is 0 Å². The summed E-state index contributed by atoms with van der Waals surface area (Å²) < 4.78 is 58.5.